The van der Waals surface area contributed by atoms with E-state index < -0.39 is 17.8 Å². The van der Waals surface area contributed by atoms with Gasteiger partial charge in [0.25, 0.3) is 0 Å². The van der Waals surface area contributed by atoms with Crippen molar-refractivity contribution in [1.82, 2.24) is 0 Å². The Bertz CT molecular complexity index is 583. The molecule has 2 N–H and O–H groups in total. The lowest BCUT2D eigenvalue weighted by atomic mass is 10.1. The Hall–Kier alpha value is -2.77. The number of hydrogen-bond donors (Lipinski definition) is 2. The van der Waals surface area contributed by atoms with Gasteiger partial charge < -0.3 is 24.6 Å². The van der Waals surface area contributed by atoms with Crippen LogP contribution in [0.4, 0.5) is 5.69 Å². The summed E-state index contributed by atoms with van der Waals surface area (Å²) in [6.07, 6.45) is -0.224. The van der Waals surface area contributed by atoms with Gasteiger partial charge in [-0.2, -0.15) is 0 Å². The van der Waals surface area contributed by atoms with Crippen molar-refractivity contribution in [2.24, 2.45) is 0 Å². The highest BCUT2D eigenvalue weighted by molar-refractivity contribution is 6.01. The highest BCUT2D eigenvalue weighted by Gasteiger charge is 2.18. The van der Waals surface area contributed by atoms with Crippen LogP contribution in [0, 0.1) is 0 Å². The summed E-state index contributed by atoms with van der Waals surface area (Å²) in [5.74, 6) is -1.77. The zero-order chi connectivity index (χ0) is 16.7. The quantitative estimate of drug-likeness (QED) is 0.730. The highest BCUT2D eigenvalue weighted by Crippen LogP contribution is 2.33. The lowest BCUT2D eigenvalue weighted by Crippen LogP contribution is -2.16. The van der Waals surface area contributed by atoms with Crippen LogP contribution in [0.5, 0.6) is 11.5 Å². The van der Waals surface area contributed by atoms with Gasteiger partial charge in [-0.3, -0.25) is 9.59 Å². The van der Waals surface area contributed by atoms with Gasteiger partial charge >= 0.3 is 11.9 Å². The maximum Gasteiger partial charge on any atom is 0.337 e. The third-order valence-electron chi connectivity index (χ3n) is 2.81. The maximum atomic E-state index is 11.8. The van der Waals surface area contributed by atoms with Crippen LogP contribution in [0.3, 0.4) is 0 Å². The second kappa shape index (κ2) is 7.87. The van der Waals surface area contributed by atoms with Gasteiger partial charge in [-0.25, -0.2) is 4.79 Å². The number of anilines is 1. The number of carbonyl (C=O) groups is 3. The Morgan fingerprint density at radius 3 is 2.14 bits per heavy atom. The van der Waals surface area contributed by atoms with Crippen LogP contribution in [0.1, 0.15) is 23.2 Å². The van der Waals surface area contributed by atoms with E-state index in [-0.39, 0.29) is 35.6 Å². The van der Waals surface area contributed by atoms with E-state index in [0.717, 1.165) is 0 Å². The molecule has 0 aliphatic rings. The second-order valence-electron chi connectivity index (χ2n) is 4.18. The van der Waals surface area contributed by atoms with Crippen molar-refractivity contribution < 1.29 is 33.7 Å². The van der Waals surface area contributed by atoms with E-state index in [1.807, 2.05) is 0 Å². The van der Waals surface area contributed by atoms with E-state index in [1.54, 1.807) is 0 Å². The maximum absolute atomic E-state index is 11.8. The van der Waals surface area contributed by atoms with Crippen LogP contribution in [-0.2, 0) is 14.3 Å². The predicted octanol–water partition coefficient (Wildman–Crippen LogP) is 1.29. The summed E-state index contributed by atoms with van der Waals surface area (Å²) < 4.78 is 14.5. The molecule has 0 spiro atoms. The third-order valence-corrected chi connectivity index (χ3v) is 2.81. The molecule has 0 aromatic heterocycles. The minimum Gasteiger partial charge on any atom is -0.493 e. The summed E-state index contributed by atoms with van der Waals surface area (Å²) >= 11 is 0. The fourth-order valence-corrected chi connectivity index (χ4v) is 1.69. The molecule has 0 saturated carbocycles. The minimum atomic E-state index is -1.23. The van der Waals surface area contributed by atoms with Gasteiger partial charge in [-0.1, -0.05) is 0 Å². The van der Waals surface area contributed by atoms with Crippen molar-refractivity contribution in [2.75, 3.05) is 26.6 Å². The molecule has 0 heterocycles. The van der Waals surface area contributed by atoms with E-state index in [1.165, 1.54) is 33.5 Å². The van der Waals surface area contributed by atoms with E-state index >= 15 is 0 Å². The number of rotatable bonds is 7. The molecule has 0 aliphatic heterocycles. The first kappa shape index (κ1) is 17.3. The van der Waals surface area contributed by atoms with Crippen LogP contribution < -0.4 is 14.8 Å². The molecule has 120 valence electrons. The third kappa shape index (κ3) is 4.37. The molecule has 1 rings (SSSR count). The zero-order valence-corrected chi connectivity index (χ0v) is 12.5. The first-order valence-corrected chi connectivity index (χ1v) is 6.28. The Morgan fingerprint density at radius 2 is 1.64 bits per heavy atom. The Labute approximate surface area is 127 Å². The molecule has 0 bridgehead atoms. The average Bonchev–Trinajstić information content (AvgIpc) is 2.51. The summed E-state index contributed by atoms with van der Waals surface area (Å²) in [7, 11) is 3.98. The first-order valence-electron chi connectivity index (χ1n) is 6.28. The van der Waals surface area contributed by atoms with Crippen molar-refractivity contribution in [3.05, 3.63) is 17.7 Å². The second-order valence-corrected chi connectivity index (χ2v) is 4.18. The van der Waals surface area contributed by atoms with Crippen LogP contribution in [-0.4, -0.2) is 44.3 Å². The normalized spacial score (nSPS) is 9.77. The number of nitrogens with one attached hydrogen (secondary N) is 1. The van der Waals surface area contributed by atoms with Gasteiger partial charge in [0.05, 0.1) is 39.0 Å². The monoisotopic (exact) mass is 311 g/mol. The van der Waals surface area contributed by atoms with Crippen molar-refractivity contribution in [1.29, 1.82) is 0 Å². The molecule has 0 atom stereocenters. The summed E-state index contributed by atoms with van der Waals surface area (Å²) in [4.78, 5) is 34.0. The van der Waals surface area contributed by atoms with E-state index in [2.05, 4.69) is 10.1 Å². The smallest absolute Gasteiger partial charge is 0.337 e. The van der Waals surface area contributed by atoms with Gasteiger partial charge in [0.15, 0.2) is 11.5 Å². The zero-order valence-electron chi connectivity index (χ0n) is 12.5. The Kier molecular flexibility index (Phi) is 6.18. The number of hydrogen-bond acceptors (Lipinski definition) is 6. The number of amides is 1. The molecule has 0 radical (unpaired) electrons. The minimum absolute atomic E-state index is 0.0556. The molecule has 0 fully saturated rings. The lowest BCUT2D eigenvalue weighted by Gasteiger charge is -2.13. The predicted molar refractivity (Wildman–Crippen MR) is 76.4 cm³/mol. The van der Waals surface area contributed by atoms with Gasteiger partial charge in [0.1, 0.15) is 0 Å². The molecular weight excluding hydrogens is 294 g/mol. The molecule has 0 saturated heterocycles. The standard InChI is InChI=1S/C14H17NO7/c1-20-10-6-8(14(18)19)9(7-11(10)21-2)15-12(16)4-5-13(17)22-3/h6-7H,4-5H2,1-3H3,(H,15,16)(H,18,19). The number of methoxy groups -OCH3 is 3. The number of carboxylic acids is 1. The number of carbonyl (C=O) groups excluding carboxylic acids is 2. The van der Waals surface area contributed by atoms with Crippen LogP contribution in [0.2, 0.25) is 0 Å². The van der Waals surface area contributed by atoms with Gasteiger partial charge in [0.2, 0.25) is 5.91 Å². The lowest BCUT2D eigenvalue weighted by molar-refractivity contribution is -0.141. The first-order chi connectivity index (χ1) is 10.4. The van der Waals surface area contributed by atoms with Crippen LogP contribution >= 0.6 is 0 Å². The van der Waals surface area contributed by atoms with Gasteiger partial charge in [-0.05, 0) is 0 Å². The van der Waals surface area contributed by atoms with Crippen molar-refractivity contribution in [3.8, 4) is 11.5 Å². The van der Waals surface area contributed by atoms with Crippen molar-refractivity contribution >= 4 is 23.5 Å². The molecule has 8 nitrogen and oxygen atoms in total. The molecule has 22 heavy (non-hydrogen) atoms. The molecule has 1 aromatic rings. The summed E-state index contributed by atoms with van der Waals surface area (Å²) in [6, 6.07) is 2.59. The Balaban J connectivity index is 2.99. The van der Waals surface area contributed by atoms with Crippen LogP contribution in [0.25, 0.3) is 0 Å². The number of benzene rings is 1. The molecule has 1 amide bonds. The summed E-state index contributed by atoms with van der Waals surface area (Å²) in [5, 5.41) is 11.6. The number of aromatic carboxylic acids is 1. The molecule has 0 unspecified atom stereocenters. The van der Waals surface area contributed by atoms with Gasteiger partial charge in [0, 0.05) is 18.6 Å². The summed E-state index contributed by atoms with van der Waals surface area (Å²) in [5.41, 5.74) is -0.0934. The average molecular weight is 311 g/mol. The fraction of sp³-hybridized carbons (Fsp3) is 0.357. The Morgan fingerprint density at radius 1 is 1.05 bits per heavy atom. The van der Waals surface area contributed by atoms with Gasteiger partial charge in [-0.15, -0.1) is 0 Å². The molecule has 0 aliphatic carbocycles. The fourth-order valence-electron chi connectivity index (χ4n) is 1.69. The highest BCUT2D eigenvalue weighted by atomic mass is 16.5. The SMILES string of the molecule is COC(=O)CCC(=O)Nc1cc(OC)c(OC)cc1C(=O)O. The van der Waals surface area contributed by atoms with E-state index in [4.69, 9.17) is 9.47 Å². The largest absolute Gasteiger partial charge is 0.493 e. The molecular formula is C14H17NO7. The topological polar surface area (TPSA) is 111 Å². The number of carboxylic acid groups (broad SMARTS) is 1. The number of esters is 1. The van der Waals surface area contributed by atoms with Crippen LogP contribution in [0.15, 0.2) is 12.1 Å². The van der Waals surface area contributed by atoms with Crippen molar-refractivity contribution in [3.63, 3.8) is 0 Å². The van der Waals surface area contributed by atoms with E-state index in [9.17, 15) is 19.5 Å². The summed E-state index contributed by atoms with van der Waals surface area (Å²) in [6.45, 7) is 0. The van der Waals surface area contributed by atoms with Crippen molar-refractivity contribution in [2.45, 2.75) is 12.8 Å². The molecule has 8 heteroatoms. The molecule has 1 aromatic carbocycles. The number of ether oxygens (including phenoxy) is 3. The van der Waals surface area contributed by atoms with E-state index in [0.29, 0.717) is 0 Å².